The third-order valence-corrected chi connectivity index (χ3v) is 5.14. The van der Waals surface area contributed by atoms with Gasteiger partial charge in [0.15, 0.2) is 0 Å². The molecule has 0 spiro atoms. The molecule has 5 heteroatoms. The van der Waals surface area contributed by atoms with E-state index in [0.717, 1.165) is 33.7 Å². The fourth-order valence-electron chi connectivity index (χ4n) is 3.25. The van der Waals surface area contributed by atoms with Crippen molar-refractivity contribution in [3.63, 3.8) is 0 Å². The van der Waals surface area contributed by atoms with Crippen molar-refractivity contribution in [2.75, 3.05) is 7.11 Å². The van der Waals surface area contributed by atoms with E-state index in [1.54, 1.807) is 13.3 Å². The predicted molar refractivity (Wildman–Crippen MR) is 110 cm³/mol. The highest BCUT2D eigenvalue weighted by atomic mass is 35.5. The number of aromatic nitrogens is 3. The van der Waals surface area contributed by atoms with Gasteiger partial charge in [-0.2, -0.15) is 0 Å². The Kier molecular flexibility index (Phi) is 4.58. The first-order valence-electron chi connectivity index (χ1n) is 8.78. The van der Waals surface area contributed by atoms with E-state index < -0.39 is 0 Å². The normalized spacial score (nSPS) is 11.1. The summed E-state index contributed by atoms with van der Waals surface area (Å²) in [6, 6.07) is 16.2. The van der Waals surface area contributed by atoms with Crippen LogP contribution in [0.25, 0.3) is 22.4 Å². The SMILES string of the molecule is COc1cccc(Cn2c(-c3cccnc3Cl)nc3cc(C)c(C)cc32)c1. The van der Waals surface area contributed by atoms with Crippen LogP contribution in [0.5, 0.6) is 5.75 Å². The highest BCUT2D eigenvalue weighted by molar-refractivity contribution is 6.32. The maximum atomic E-state index is 6.39. The lowest BCUT2D eigenvalue weighted by Crippen LogP contribution is -2.03. The zero-order valence-electron chi connectivity index (χ0n) is 15.5. The number of pyridine rings is 1. The van der Waals surface area contributed by atoms with Gasteiger partial charge < -0.3 is 9.30 Å². The zero-order chi connectivity index (χ0) is 19.0. The Morgan fingerprint density at radius 2 is 1.85 bits per heavy atom. The maximum absolute atomic E-state index is 6.39. The lowest BCUT2D eigenvalue weighted by atomic mass is 10.1. The number of fused-ring (bicyclic) bond motifs is 1. The Bertz CT molecular complexity index is 1130. The lowest BCUT2D eigenvalue weighted by molar-refractivity contribution is 0.414. The molecule has 0 N–H and O–H groups in total. The summed E-state index contributed by atoms with van der Waals surface area (Å²) in [6.07, 6.45) is 1.69. The predicted octanol–water partition coefficient (Wildman–Crippen LogP) is 5.43. The summed E-state index contributed by atoms with van der Waals surface area (Å²) in [5.41, 5.74) is 6.45. The van der Waals surface area contributed by atoms with Gasteiger partial charge in [-0.1, -0.05) is 23.7 Å². The van der Waals surface area contributed by atoms with Crippen LogP contribution < -0.4 is 4.74 Å². The van der Waals surface area contributed by atoms with E-state index in [0.29, 0.717) is 11.7 Å². The Hall–Kier alpha value is -2.85. The molecule has 0 aliphatic heterocycles. The molecule has 0 aliphatic carbocycles. The number of ether oxygens (including phenoxy) is 1. The number of rotatable bonds is 4. The van der Waals surface area contributed by atoms with Gasteiger partial charge in [-0.25, -0.2) is 9.97 Å². The van der Waals surface area contributed by atoms with Gasteiger partial charge >= 0.3 is 0 Å². The molecule has 2 aromatic heterocycles. The molecule has 4 nitrogen and oxygen atoms in total. The van der Waals surface area contributed by atoms with Crippen LogP contribution in [0.15, 0.2) is 54.7 Å². The van der Waals surface area contributed by atoms with Crippen molar-refractivity contribution < 1.29 is 4.74 Å². The Labute approximate surface area is 163 Å². The summed E-state index contributed by atoms with van der Waals surface area (Å²) < 4.78 is 7.57. The molecule has 0 radical (unpaired) electrons. The van der Waals surface area contributed by atoms with Gasteiger partial charge in [0.05, 0.1) is 23.7 Å². The van der Waals surface area contributed by atoms with Gasteiger partial charge in [0, 0.05) is 12.7 Å². The third kappa shape index (κ3) is 3.28. The van der Waals surface area contributed by atoms with Gasteiger partial charge in [0.1, 0.15) is 16.7 Å². The van der Waals surface area contributed by atoms with E-state index in [2.05, 4.69) is 41.6 Å². The number of hydrogen-bond donors (Lipinski definition) is 0. The highest BCUT2D eigenvalue weighted by Crippen LogP contribution is 2.31. The number of nitrogens with zero attached hydrogens (tertiary/aromatic N) is 3. The van der Waals surface area contributed by atoms with Gasteiger partial charge in [0.25, 0.3) is 0 Å². The van der Waals surface area contributed by atoms with Crippen molar-refractivity contribution in [3.8, 4) is 17.1 Å². The molecule has 0 amide bonds. The molecular formula is C22H20ClN3O. The minimum absolute atomic E-state index is 0.452. The summed E-state index contributed by atoms with van der Waals surface area (Å²) in [5.74, 6) is 1.65. The summed E-state index contributed by atoms with van der Waals surface area (Å²) in [4.78, 5) is 9.12. The van der Waals surface area contributed by atoms with Crippen molar-refractivity contribution >= 4 is 22.6 Å². The summed E-state index contributed by atoms with van der Waals surface area (Å²) >= 11 is 6.39. The van der Waals surface area contributed by atoms with E-state index in [4.69, 9.17) is 21.3 Å². The molecule has 0 bridgehead atoms. The fourth-order valence-corrected chi connectivity index (χ4v) is 3.46. The third-order valence-electron chi connectivity index (χ3n) is 4.84. The molecular weight excluding hydrogens is 358 g/mol. The minimum Gasteiger partial charge on any atom is -0.497 e. The van der Waals surface area contributed by atoms with Crippen LogP contribution in [-0.2, 0) is 6.54 Å². The topological polar surface area (TPSA) is 39.9 Å². The zero-order valence-corrected chi connectivity index (χ0v) is 16.3. The van der Waals surface area contributed by atoms with E-state index in [-0.39, 0.29) is 0 Å². The summed E-state index contributed by atoms with van der Waals surface area (Å²) in [7, 11) is 1.68. The van der Waals surface area contributed by atoms with E-state index in [1.165, 1.54) is 11.1 Å². The van der Waals surface area contributed by atoms with Gasteiger partial charge in [-0.3, -0.25) is 0 Å². The van der Waals surface area contributed by atoms with E-state index in [9.17, 15) is 0 Å². The van der Waals surface area contributed by atoms with Crippen molar-refractivity contribution in [2.45, 2.75) is 20.4 Å². The smallest absolute Gasteiger partial charge is 0.144 e. The average Bonchev–Trinajstić information content (AvgIpc) is 3.00. The number of halogens is 1. The Morgan fingerprint density at radius 1 is 1.04 bits per heavy atom. The summed E-state index contributed by atoms with van der Waals surface area (Å²) in [6.45, 7) is 4.89. The first-order valence-corrected chi connectivity index (χ1v) is 9.16. The molecule has 27 heavy (non-hydrogen) atoms. The molecule has 0 saturated carbocycles. The van der Waals surface area contributed by atoms with Crippen LogP contribution >= 0.6 is 11.6 Å². The van der Waals surface area contributed by atoms with Crippen molar-refractivity contribution in [1.29, 1.82) is 0 Å². The number of aryl methyl sites for hydroxylation is 2. The molecule has 0 fully saturated rings. The van der Waals surface area contributed by atoms with Crippen LogP contribution in [0.3, 0.4) is 0 Å². The van der Waals surface area contributed by atoms with Gasteiger partial charge in [-0.15, -0.1) is 0 Å². The maximum Gasteiger partial charge on any atom is 0.144 e. The number of benzene rings is 2. The van der Waals surface area contributed by atoms with Crippen molar-refractivity contribution in [2.24, 2.45) is 0 Å². The van der Waals surface area contributed by atoms with Gasteiger partial charge in [-0.05, 0) is 66.9 Å². The Balaban J connectivity index is 1.94. The van der Waals surface area contributed by atoms with Crippen LogP contribution in [0, 0.1) is 13.8 Å². The van der Waals surface area contributed by atoms with Crippen molar-refractivity contribution in [3.05, 3.63) is 76.6 Å². The molecule has 4 aromatic rings. The molecule has 2 heterocycles. The standard InChI is InChI=1S/C22H20ClN3O/c1-14-10-19-20(11-15(14)2)26(13-16-6-4-7-17(12-16)27-3)22(25-19)18-8-5-9-24-21(18)23/h4-12H,13H2,1-3H3. The van der Waals surface area contributed by atoms with E-state index >= 15 is 0 Å². The number of methoxy groups -OCH3 is 1. The molecule has 0 saturated heterocycles. The molecule has 0 unspecified atom stereocenters. The monoisotopic (exact) mass is 377 g/mol. The van der Waals surface area contributed by atoms with E-state index in [1.807, 2.05) is 30.3 Å². The van der Waals surface area contributed by atoms with Crippen LogP contribution in [0.2, 0.25) is 5.15 Å². The summed E-state index contributed by atoms with van der Waals surface area (Å²) in [5, 5.41) is 0.452. The van der Waals surface area contributed by atoms with Crippen molar-refractivity contribution in [1.82, 2.24) is 14.5 Å². The first-order chi connectivity index (χ1) is 13.1. The minimum atomic E-state index is 0.452. The second kappa shape index (κ2) is 7.05. The second-order valence-electron chi connectivity index (χ2n) is 6.64. The quantitative estimate of drug-likeness (QED) is 0.445. The van der Waals surface area contributed by atoms with Crippen LogP contribution in [0.1, 0.15) is 16.7 Å². The lowest BCUT2D eigenvalue weighted by Gasteiger charge is -2.12. The Morgan fingerprint density at radius 3 is 2.63 bits per heavy atom. The molecule has 4 rings (SSSR count). The molecule has 2 aromatic carbocycles. The average molecular weight is 378 g/mol. The van der Waals surface area contributed by atoms with Gasteiger partial charge in [0.2, 0.25) is 0 Å². The second-order valence-corrected chi connectivity index (χ2v) is 7.00. The largest absolute Gasteiger partial charge is 0.497 e. The molecule has 136 valence electrons. The van der Waals surface area contributed by atoms with Crippen LogP contribution in [0.4, 0.5) is 0 Å². The first kappa shape index (κ1) is 17.6. The highest BCUT2D eigenvalue weighted by Gasteiger charge is 2.17. The molecule has 0 atom stereocenters. The number of imidazole rings is 1. The van der Waals surface area contributed by atoms with Crippen LogP contribution in [-0.4, -0.2) is 21.6 Å². The molecule has 0 aliphatic rings. The fraction of sp³-hybridized carbons (Fsp3) is 0.182. The number of hydrogen-bond acceptors (Lipinski definition) is 3.